The fourth-order valence-electron chi connectivity index (χ4n) is 3.33. The van der Waals surface area contributed by atoms with Gasteiger partial charge in [-0.3, -0.25) is 9.48 Å². The first-order chi connectivity index (χ1) is 12.7. The normalized spacial score (nSPS) is 20.1. The molecular weight excluding hydrogens is 330 g/mol. The van der Waals surface area contributed by atoms with E-state index in [1.807, 2.05) is 43.4 Å². The highest BCUT2D eigenvalue weighted by atomic mass is 16.3. The van der Waals surface area contributed by atoms with Crippen LogP contribution in [0.1, 0.15) is 30.3 Å². The van der Waals surface area contributed by atoms with Crippen LogP contribution in [0.25, 0.3) is 11.5 Å². The zero-order valence-electron chi connectivity index (χ0n) is 14.6. The van der Waals surface area contributed by atoms with Crippen LogP contribution in [0.15, 0.2) is 53.3 Å². The van der Waals surface area contributed by atoms with E-state index in [1.54, 1.807) is 17.1 Å². The molecule has 2 atom stereocenters. The van der Waals surface area contributed by atoms with Crippen LogP contribution in [-0.4, -0.2) is 26.7 Å². The van der Waals surface area contributed by atoms with E-state index in [4.69, 9.17) is 4.42 Å². The first kappa shape index (κ1) is 16.5. The molecule has 4 rings (SSSR count). The van der Waals surface area contributed by atoms with E-state index in [2.05, 4.69) is 20.7 Å². The van der Waals surface area contributed by atoms with Crippen LogP contribution in [0.3, 0.4) is 0 Å². The molecule has 1 amide bonds. The minimum Gasteiger partial charge on any atom is -0.444 e. The van der Waals surface area contributed by atoms with Gasteiger partial charge in [-0.1, -0.05) is 18.2 Å². The lowest BCUT2D eigenvalue weighted by Gasteiger charge is -2.32. The van der Waals surface area contributed by atoms with Crippen molar-refractivity contribution in [3.8, 4) is 11.5 Å². The molecule has 0 bridgehead atoms. The number of carbonyl (C=O) groups is 1. The second-order valence-corrected chi connectivity index (χ2v) is 6.46. The smallest absolute Gasteiger partial charge is 0.226 e. The molecule has 1 fully saturated rings. The Morgan fingerprint density at radius 3 is 2.92 bits per heavy atom. The summed E-state index contributed by atoms with van der Waals surface area (Å²) in [5.74, 6) is 0.685. The van der Waals surface area contributed by atoms with Crippen molar-refractivity contribution in [2.45, 2.75) is 31.5 Å². The van der Waals surface area contributed by atoms with Crippen molar-refractivity contribution in [2.75, 3.05) is 0 Å². The van der Waals surface area contributed by atoms with E-state index in [1.165, 1.54) is 0 Å². The van der Waals surface area contributed by atoms with E-state index in [-0.39, 0.29) is 18.0 Å². The summed E-state index contributed by atoms with van der Waals surface area (Å²) in [7, 11) is 1.89. The van der Waals surface area contributed by atoms with Crippen LogP contribution in [0.5, 0.6) is 0 Å². The number of nitrogens with one attached hydrogen (secondary N) is 2. The van der Waals surface area contributed by atoms with E-state index in [9.17, 15) is 4.79 Å². The maximum Gasteiger partial charge on any atom is 0.226 e. The molecule has 26 heavy (non-hydrogen) atoms. The Labute approximate surface area is 151 Å². The zero-order chi connectivity index (χ0) is 17.9. The van der Waals surface area contributed by atoms with Gasteiger partial charge in [0.05, 0.1) is 17.4 Å². The van der Waals surface area contributed by atoms with Crippen molar-refractivity contribution >= 4 is 5.91 Å². The minimum absolute atomic E-state index is 0.0713. The average molecular weight is 351 g/mol. The van der Waals surface area contributed by atoms with Crippen molar-refractivity contribution in [3.05, 3.63) is 60.2 Å². The van der Waals surface area contributed by atoms with Gasteiger partial charge in [0, 0.05) is 37.8 Å². The summed E-state index contributed by atoms with van der Waals surface area (Å²) in [6.07, 6.45) is 4.71. The first-order valence-electron chi connectivity index (χ1n) is 8.71. The summed E-state index contributed by atoms with van der Waals surface area (Å²) in [5, 5.41) is 10.8. The van der Waals surface area contributed by atoms with Crippen LogP contribution < -0.4 is 10.6 Å². The Hall–Kier alpha value is -2.93. The molecule has 1 aliphatic rings. The topological polar surface area (TPSA) is 85.0 Å². The third kappa shape index (κ3) is 3.39. The number of piperidine rings is 1. The maximum atomic E-state index is 11.9. The number of nitrogens with zero attached hydrogens (tertiary/aromatic N) is 3. The maximum absolute atomic E-state index is 11.9. The number of hydrogen-bond donors (Lipinski definition) is 2. The van der Waals surface area contributed by atoms with Crippen molar-refractivity contribution in [1.29, 1.82) is 0 Å². The number of carbonyl (C=O) groups excluding carboxylic acids is 1. The highest BCUT2D eigenvalue weighted by Crippen LogP contribution is 2.24. The van der Waals surface area contributed by atoms with Gasteiger partial charge in [-0.2, -0.15) is 5.10 Å². The van der Waals surface area contributed by atoms with Crippen molar-refractivity contribution in [2.24, 2.45) is 7.05 Å². The third-order valence-corrected chi connectivity index (χ3v) is 4.70. The predicted octanol–water partition coefficient (Wildman–Crippen LogP) is 2.18. The van der Waals surface area contributed by atoms with Crippen LogP contribution >= 0.6 is 0 Å². The van der Waals surface area contributed by atoms with E-state index < -0.39 is 0 Å². The quantitative estimate of drug-likeness (QED) is 0.736. The van der Waals surface area contributed by atoms with Crippen LogP contribution in [-0.2, 0) is 18.4 Å². The largest absolute Gasteiger partial charge is 0.444 e. The van der Waals surface area contributed by atoms with Crippen LogP contribution in [0, 0.1) is 0 Å². The lowest BCUT2D eigenvalue weighted by atomic mass is 9.95. The average Bonchev–Trinajstić information content (AvgIpc) is 3.30. The molecule has 3 heterocycles. The van der Waals surface area contributed by atoms with Gasteiger partial charge in [0.15, 0.2) is 0 Å². The number of oxazole rings is 1. The molecule has 2 N–H and O–H groups in total. The van der Waals surface area contributed by atoms with Crippen LogP contribution in [0.4, 0.5) is 0 Å². The van der Waals surface area contributed by atoms with E-state index in [0.717, 1.165) is 23.4 Å². The van der Waals surface area contributed by atoms with E-state index >= 15 is 0 Å². The molecule has 0 radical (unpaired) electrons. The van der Waals surface area contributed by atoms with Gasteiger partial charge in [-0.05, 0) is 24.6 Å². The third-order valence-electron chi connectivity index (χ3n) is 4.70. The Balaban J connectivity index is 1.45. The highest BCUT2D eigenvalue weighted by Gasteiger charge is 2.31. The molecule has 1 aromatic carbocycles. The molecule has 0 aliphatic carbocycles. The Kier molecular flexibility index (Phi) is 4.53. The Morgan fingerprint density at radius 2 is 2.15 bits per heavy atom. The lowest BCUT2D eigenvalue weighted by molar-refractivity contribution is -0.124. The Bertz CT molecular complexity index is 886. The molecule has 0 saturated carbocycles. The molecular formula is C19H21N5O2. The summed E-state index contributed by atoms with van der Waals surface area (Å²) in [6, 6.07) is 11.8. The second-order valence-electron chi connectivity index (χ2n) is 6.46. The molecule has 134 valence electrons. The van der Waals surface area contributed by atoms with Gasteiger partial charge in [0.25, 0.3) is 0 Å². The molecule has 1 saturated heterocycles. The number of rotatable bonds is 5. The predicted molar refractivity (Wildman–Crippen MR) is 95.9 cm³/mol. The van der Waals surface area contributed by atoms with Crippen molar-refractivity contribution in [1.82, 2.24) is 25.4 Å². The fourth-order valence-corrected chi connectivity index (χ4v) is 3.33. The molecule has 1 aliphatic heterocycles. The number of benzene rings is 1. The van der Waals surface area contributed by atoms with Crippen molar-refractivity contribution < 1.29 is 9.21 Å². The van der Waals surface area contributed by atoms with Crippen molar-refractivity contribution in [3.63, 3.8) is 0 Å². The number of aryl methyl sites for hydroxylation is 1. The molecule has 7 heteroatoms. The van der Waals surface area contributed by atoms with Gasteiger partial charge in [0.1, 0.15) is 6.26 Å². The molecule has 7 nitrogen and oxygen atoms in total. The second kappa shape index (κ2) is 7.13. The number of aromatic nitrogens is 3. The monoisotopic (exact) mass is 351 g/mol. The summed E-state index contributed by atoms with van der Waals surface area (Å²) in [4.78, 5) is 16.4. The number of hydrogen-bond acceptors (Lipinski definition) is 5. The summed E-state index contributed by atoms with van der Waals surface area (Å²) >= 11 is 0. The summed E-state index contributed by atoms with van der Waals surface area (Å²) in [6.45, 7) is 0.575. The molecule has 2 aromatic heterocycles. The standard InChI is InChI=1S/C19H21N5O2/c1-24-16(9-10-21-24)18-15(7-8-17(25)23-18)20-11-14-12-26-19(22-14)13-5-3-2-4-6-13/h2-6,9-10,12,15,18,20H,7-8,11H2,1H3,(H,23,25)/t15-,18-/m1/s1. The van der Waals surface area contributed by atoms with Gasteiger partial charge in [-0.25, -0.2) is 4.98 Å². The molecule has 0 unspecified atom stereocenters. The Morgan fingerprint density at radius 1 is 1.31 bits per heavy atom. The summed E-state index contributed by atoms with van der Waals surface area (Å²) in [5.41, 5.74) is 2.78. The van der Waals surface area contributed by atoms with Gasteiger partial charge in [-0.15, -0.1) is 0 Å². The first-order valence-corrected chi connectivity index (χ1v) is 8.71. The molecule has 0 spiro atoms. The van der Waals surface area contributed by atoms with Gasteiger partial charge in [0.2, 0.25) is 11.8 Å². The van der Waals surface area contributed by atoms with Crippen LogP contribution in [0.2, 0.25) is 0 Å². The minimum atomic E-state index is -0.107. The fraction of sp³-hybridized carbons (Fsp3) is 0.316. The van der Waals surface area contributed by atoms with E-state index in [0.29, 0.717) is 18.9 Å². The summed E-state index contributed by atoms with van der Waals surface area (Å²) < 4.78 is 7.39. The molecule has 3 aromatic rings. The highest BCUT2D eigenvalue weighted by molar-refractivity contribution is 5.77. The van der Waals surface area contributed by atoms with Gasteiger partial charge >= 0.3 is 0 Å². The SMILES string of the molecule is Cn1nccc1[C@@H]1NC(=O)CC[C@H]1NCc1coc(-c2ccccc2)n1. The van der Waals surface area contributed by atoms with Gasteiger partial charge < -0.3 is 15.1 Å². The number of amides is 1. The lowest BCUT2D eigenvalue weighted by Crippen LogP contribution is -2.48. The zero-order valence-corrected chi connectivity index (χ0v) is 14.6.